The largest absolute Gasteiger partial charge is 0.0861 e. The molecule has 0 aromatic carbocycles. The van der Waals surface area contributed by atoms with Crippen LogP contribution in [0.2, 0.25) is 19.6 Å². The van der Waals surface area contributed by atoms with E-state index in [2.05, 4.69) is 48.6 Å². The molecular formula is C6H13BrSi. The Labute approximate surface area is 61.1 Å². The highest BCUT2D eigenvalue weighted by atomic mass is 79.9. The van der Waals surface area contributed by atoms with Crippen LogP contribution >= 0.6 is 15.9 Å². The van der Waals surface area contributed by atoms with Gasteiger partial charge in [0, 0.05) is 0 Å². The van der Waals surface area contributed by atoms with Gasteiger partial charge in [0.15, 0.2) is 0 Å². The van der Waals surface area contributed by atoms with Crippen molar-refractivity contribution in [2.75, 3.05) is 0 Å². The van der Waals surface area contributed by atoms with E-state index in [4.69, 9.17) is 0 Å². The van der Waals surface area contributed by atoms with Crippen LogP contribution < -0.4 is 0 Å². The number of allylic oxidation sites excluding steroid dienone is 1. The van der Waals surface area contributed by atoms with Crippen molar-refractivity contribution in [1.82, 2.24) is 0 Å². The summed E-state index contributed by atoms with van der Waals surface area (Å²) >= 11 is 3.52. The van der Waals surface area contributed by atoms with Crippen molar-refractivity contribution in [3.63, 3.8) is 0 Å². The molecule has 0 rings (SSSR count). The van der Waals surface area contributed by atoms with E-state index in [-0.39, 0.29) is 0 Å². The lowest BCUT2D eigenvalue weighted by molar-refractivity contribution is 1.68. The van der Waals surface area contributed by atoms with Gasteiger partial charge in [-0.1, -0.05) is 41.6 Å². The fraction of sp³-hybridized carbons (Fsp3) is 0.667. The van der Waals surface area contributed by atoms with Gasteiger partial charge in [0.2, 0.25) is 0 Å². The van der Waals surface area contributed by atoms with Gasteiger partial charge in [-0.15, -0.1) is 0 Å². The molecule has 8 heavy (non-hydrogen) atoms. The van der Waals surface area contributed by atoms with Crippen LogP contribution in [0.5, 0.6) is 0 Å². The van der Waals surface area contributed by atoms with Crippen molar-refractivity contribution < 1.29 is 0 Å². The molecule has 0 bridgehead atoms. The Bertz CT molecular complexity index is 99.6. The monoisotopic (exact) mass is 192 g/mol. The van der Waals surface area contributed by atoms with Crippen LogP contribution in [0.3, 0.4) is 0 Å². The second-order valence-electron chi connectivity index (χ2n) is 2.89. The highest BCUT2D eigenvalue weighted by Crippen LogP contribution is 2.19. The predicted molar refractivity (Wildman–Crippen MR) is 46.0 cm³/mol. The Kier molecular flexibility index (Phi) is 2.98. The van der Waals surface area contributed by atoms with Gasteiger partial charge in [0.1, 0.15) is 0 Å². The summed E-state index contributed by atoms with van der Waals surface area (Å²) in [6.07, 6.45) is 2.15. The lowest BCUT2D eigenvalue weighted by Crippen LogP contribution is -2.19. The maximum atomic E-state index is 3.52. The Morgan fingerprint density at radius 3 is 1.75 bits per heavy atom. The molecule has 0 nitrogen and oxygen atoms in total. The van der Waals surface area contributed by atoms with E-state index < -0.39 is 8.07 Å². The highest BCUT2D eigenvalue weighted by molar-refractivity contribution is 9.12. The number of hydrogen-bond acceptors (Lipinski definition) is 0. The summed E-state index contributed by atoms with van der Waals surface area (Å²) in [6.45, 7) is 9.02. The number of hydrogen-bond donors (Lipinski definition) is 0. The molecule has 0 heterocycles. The molecule has 0 saturated carbocycles. The Balaban J connectivity index is 4.03. The maximum absolute atomic E-state index is 3.52. The lowest BCUT2D eigenvalue weighted by Gasteiger charge is -2.13. The zero-order chi connectivity index (χ0) is 6.78. The van der Waals surface area contributed by atoms with Crippen LogP contribution in [-0.2, 0) is 0 Å². The van der Waals surface area contributed by atoms with E-state index in [1.165, 1.54) is 4.11 Å². The van der Waals surface area contributed by atoms with Gasteiger partial charge >= 0.3 is 0 Å². The van der Waals surface area contributed by atoms with Crippen molar-refractivity contribution in [3.8, 4) is 0 Å². The smallest absolute Gasteiger partial charge is 0.0816 e. The molecule has 0 atom stereocenters. The topological polar surface area (TPSA) is 0 Å². The van der Waals surface area contributed by atoms with Crippen molar-refractivity contribution in [3.05, 3.63) is 10.2 Å². The second-order valence-corrected chi connectivity index (χ2v) is 9.51. The molecule has 0 aromatic heterocycles. The zero-order valence-corrected chi connectivity index (χ0v) is 8.54. The van der Waals surface area contributed by atoms with Crippen molar-refractivity contribution in [1.29, 1.82) is 0 Å². The molecule has 0 saturated heterocycles. The minimum absolute atomic E-state index is 0.983. The molecule has 0 spiro atoms. The molecule has 0 N–H and O–H groups in total. The Hall–Kier alpha value is 0.437. The van der Waals surface area contributed by atoms with Crippen molar-refractivity contribution in [2.24, 2.45) is 0 Å². The molecule has 0 radical (unpaired) electrons. The third-order valence-corrected chi connectivity index (χ3v) is 6.72. The van der Waals surface area contributed by atoms with Crippen LogP contribution in [0.1, 0.15) is 6.92 Å². The van der Waals surface area contributed by atoms with E-state index in [1.54, 1.807) is 0 Å². The van der Waals surface area contributed by atoms with Crippen LogP contribution in [0, 0.1) is 0 Å². The van der Waals surface area contributed by atoms with Crippen LogP contribution in [0.25, 0.3) is 0 Å². The first-order valence-corrected chi connectivity index (χ1v) is 7.10. The summed E-state index contributed by atoms with van der Waals surface area (Å²) in [4.78, 5) is 0. The predicted octanol–water partition coefficient (Wildman–Crippen LogP) is 3.16. The number of halogens is 1. The fourth-order valence-corrected chi connectivity index (χ4v) is 1.30. The van der Waals surface area contributed by atoms with E-state index in [1.807, 2.05) is 0 Å². The number of rotatable bonds is 1. The van der Waals surface area contributed by atoms with Gasteiger partial charge in [0.05, 0.1) is 8.07 Å². The van der Waals surface area contributed by atoms with Crippen LogP contribution in [-0.4, -0.2) is 8.07 Å². The average molecular weight is 193 g/mol. The molecule has 0 fully saturated rings. The zero-order valence-electron chi connectivity index (χ0n) is 5.96. The lowest BCUT2D eigenvalue weighted by atomic mass is 10.8. The standard InChI is InChI=1S/C6H13BrSi/c1-5-6(7)8(2,3)4/h5H,1-4H3/b6-5+. The Morgan fingerprint density at radius 2 is 1.75 bits per heavy atom. The van der Waals surface area contributed by atoms with E-state index >= 15 is 0 Å². The molecule has 0 amide bonds. The Morgan fingerprint density at radius 1 is 1.38 bits per heavy atom. The first kappa shape index (κ1) is 8.44. The molecule has 2 heteroatoms. The summed E-state index contributed by atoms with van der Waals surface area (Å²) in [7, 11) is -0.983. The van der Waals surface area contributed by atoms with Crippen molar-refractivity contribution >= 4 is 24.0 Å². The first-order chi connectivity index (χ1) is 3.48. The summed E-state index contributed by atoms with van der Waals surface area (Å²) in [5.74, 6) is 0. The third-order valence-electron chi connectivity index (χ3n) is 0.970. The maximum Gasteiger partial charge on any atom is 0.0861 e. The second kappa shape index (κ2) is 2.83. The minimum Gasteiger partial charge on any atom is -0.0816 e. The van der Waals surface area contributed by atoms with Gasteiger partial charge < -0.3 is 0 Å². The third kappa shape index (κ3) is 2.67. The summed E-state index contributed by atoms with van der Waals surface area (Å²) < 4.78 is 1.41. The van der Waals surface area contributed by atoms with E-state index in [9.17, 15) is 0 Å². The van der Waals surface area contributed by atoms with E-state index in [0.717, 1.165) is 0 Å². The summed E-state index contributed by atoms with van der Waals surface area (Å²) in [5, 5.41) is 0. The first-order valence-electron chi connectivity index (χ1n) is 2.81. The molecule has 0 aliphatic rings. The molecule has 0 aromatic rings. The van der Waals surface area contributed by atoms with Crippen molar-refractivity contribution in [2.45, 2.75) is 26.6 Å². The van der Waals surface area contributed by atoms with Crippen LogP contribution in [0.15, 0.2) is 10.2 Å². The van der Waals surface area contributed by atoms with E-state index in [0.29, 0.717) is 0 Å². The normalized spacial score (nSPS) is 14.4. The van der Waals surface area contributed by atoms with Gasteiger partial charge in [-0.2, -0.15) is 0 Å². The summed E-state index contributed by atoms with van der Waals surface area (Å²) in [5.41, 5.74) is 0. The highest BCUT2D eigenvalue weighted by Gasteiger charge is 2.15. The molecule has 48 valence electrons. The SMILES string of the molecule is C/C=C(\Br)[Si](C)(C)C. The van der Waals surface area contributed by atoms with Crippen LogP contribution in [0.4, 0.5) is 0 Å². The quantitative estimate of drug-likeness (QED) is 0.561. The molecule has 0 aliphatic heterocycles. The molecule has 0 unspecified atom stereocenters. The average Bonchev–Trinajstić information content (AvgIpc) is 1.62. The fourth-order valence-electron chi connectivity index (χ4n) is 0.433. The summed E-state index contributed by atoms with van der Waals surface area (Å²) in [6, 6.07) is 0. The van der Waals surface area contributed by atoms with Gasteiger partial charge in [-0.05, 0) is 11.0 Å². The minimum atomic E-state index is -0.983. The molecule has 0 aliphatic carbocycles. The van der Waals surface area contributed by atoms with Gasteiger partial charge in [-0.3, -0.25) is 0 Å². The van der Waals surface area contributed by atoms with Gasteiger partial charge in [0.25, 0.3) is 0 Å². The molecular weight excluding hydrogens is 180 g/mol. The van der Waals surface area contributed by atoms with Gasteiger partial charge in [-0.25, -0.2) is 0 Å².